The van der Waals surface area contributed by atoms with Crippen molar-refractivity contribution in [2.24, 2.45) is 5.92 Å². The Balaban J connectivity index is 1.38. The topological polar surface area (TPSA) is 62.3 Å². The Labute approximate surface area is 168 Å². The van der Waals surface area contributed by atoms with Gasteiger partial charge in [-0.2, -0.15) is 0 Å². The molecule has 5 nitrogen and oxygen atoms in total. The van der Waals surface area contributed by atoms with Crippen molar-refractivity contribution in [3.05, 3.63) is 59.2 Å². The molecule has 2 amide bonds. The van der Waals surface area contributed by atoms with Crippen molar-refractivity contribution in [2.45, 2.75) is 18.6 Å². The van der Waals surface area contributed by atoms with E-state index in [2.05, 4.69) is 10.3 Å². The van der Waals surface area contributed by atoms with Crippen molar-refractivity contribution in [1.29, 1.82) is 0 Å². The molecule has 1 N–H and O–H groups in total. The van der Waals surface area contributed by atoms with Crippen LogP contribution in [0.15, 0.2) is 48.7 Å². The monoisotopic (exact) mass is 403 g/mol. The molecule has 7 heteroatoms. The minimum absolute atomic E-state index is 0.0158. The minimum Gasteiger partial charge on any atom is -0.342 e. The fourth-order valence-electron chi connectivity index (χ4n) is 2.98. The van der Waals surface area contributed by atoms with Crippen LogP contribution in [0.3, 0.4) is 0 Å². The number of nitrogens with one attached hydrogen (secondary N) is 1. The quantitative estimate of drug-likeness (QED) is 0.795. The smallest absolute Gasteiger partial charge is 0.232 e. The summed E-state index contributed by atoms with van der Waals surface area (Å²) in [6.07, 6.45) is 3.02. The molecule has 1 aliphatic rings. The van der Waals surface area contributed by atoms with Gasteiger partial charge < -0.3 is 10.2 Å². The Morgan fingerprint density at radius 3 is 2.56 bits per heavy atom. The molecule has 2 aromatic rings. The first-order valence-electron chi connectivity index (χ1n) is 8.93. The van der Waals surface area contributed by atoms with E-state index in [4.69, 9.17) is 11.6 Å². The van der Waals surface area contributed by atoms with E-state index in [1.807, 2.05) is 41.3 Å². The van der Waals surface area contributed by atoms with Crippen molar-refractivity contribution in [1.82, 2.24) is 9.88 Å². The number of nitrogens with zero attached hydrogens (tertiary/aromatic N) is 2. The van der Waals surface area contributed by atoms with E-state index >= 15 is 0 Å². The summed E-state index contributed by atoms with van der Waals surface area (Å²) in [6.45, 7) is 1.25. The van der Waals surface area contributed by atoms with Crippen LogP contribution >= 0.6 is 23.4 Å². The van der Waals surface area contributed by atoms with Gasteiger partial charge in [-0.25, -0.2) is 4.98 Å². The van der Waals surface area contributed by atoms with Gasteiger partial charge >= 0.3 is 0 Å². The standard InChI is InChI=1S/C20H22ClN3O2S/c21-17-6-4-15(5-7-17)13-27-14-19(25)24-11-8-16(9-12-24)20(26)23-18-3-1-2-10-22-18/h1-7,10,16H,8-9,11-14H2,(H,22,23,26). The van der Waals surface area contributed by atoms with Crippen LogP contribution < -0.4 is 5.32 Å². The van der Waals surface area contributed by atoms with Crippen molar-refractivity contribution in [3.8, 4) is 0 Å². The van der Waals surface area contributed by atoms with Gasteiger partial charge in [0.25, 0.3) is 0 Å². The van der Waals surface area contributed by atoms with Crippen LogP contribution in [0.4, 0.5) is 5.82 Å². The number of aromatic nitrogens is 1. The summed E-state index contributed by atoms with van der Waals surface area (Å²) in [4.78, 5) is 30.7. The minimum atomic E-state index is -0.0715. The lowest BCUT2D eigenvalue weighted by Crippen LogP contribution is -2.42. The maximum atomic E-state index is 12.4. The van der Waals surface area contributed by atoms with Crippen LogP contribution in [0.2, 0.25) is 5.02 Å². The molecule has 142 valence electrons. The van der Waals surface area contributed by atoms with Gasteiger partial charge in [0, 0.05) is 36.0 Å². The van der Waals surface area contributed by atoms with Crippen LogP contribution in [0.1, 0.15) is 18.4 Å². The number of piperidine rings is 1. The average Bonchev–Trinajstić information content (AvgIpc) is 2.70. The second-order valence-corrected chi connectivity index (χ2v) is 7.90. The Kier molecular flexibility index (Phi) is 7.12. The van der Waals surface area contributed by atoms with Gasteiger partial charge in [-0.1, -0.05) is 29.8 Å². The molecule has 0 aliphatic carbocycles. The Bertz CT molecular complexity index is 763. The van der Waals surface area contributed by atoms with Crippen LogP contribution in [0.25, 0.3) is 0 Å². The van der Waals surface area contributed by atoms with E-state index in [0.717, 1.165) is 16.3 Å². The second kappa shape index (κ2) is 9.76. The summed E-state index contributed by atoms with van der Waals surface area (Å²) in [6, 6.07) is 13.1. The first-order chi connectivity index (χ1) is 13.1. The second-order valence-electron chi connectivity index (χ2n) is 6.48. The molecule has 0 atom stereocenters. The molecule has 3 rings (SSSR count). The number of amides is 2. The molecule has 0 spiro atoms. The van der Waals surface area contributed by atoms with Gasteiger partial charge in [0.1, 0.15) is 5.82 Å². The Morgan fingerprint density at radius 1 is 1.15 bits per heavy atom. The highest BCUT2D eigenvalue weighted by Gasteiger charge is 2.27. The van der Waals surface area contributed by atoms with Crippen molar-refractivity contribution in [2.75, 3.05) is 24.2 Å². The third-order valence-electron chi connectivity index (χ3n) is 4.54. The predicted molar refractivity (Wildman–Crippen MR) is 110 cm³/mol. The summed E-state index contributed by atoms with van der Waals surface area (Å²) in [7, 11) is 0. The lowest BCUT2D eigenvalue weighted by atomic mass is 9.96. The summed E-state index contributed by atoms with van der Waals surface area (Å²) < 4.78 is 0. The zero-order valence-corrected chi connectivity index (χ0v) is 16.5. The first kappa shape index (κ1) is 19.7. The molecule has 1 aromatic heterocycles. The zero-order valence-electron chi connectivity index (χ0n) is 14.9. The summed E-state index contributed by atoms with van der Waals surface area (Å²) in [5.41, 5.74) is 1.15. The maximum absolute atomic E-state index is 12.4. The van der Waals surface area contributed by atoms with Crippen LogP contribution in [0, 0.1) is 5.92 Å². The number of rotatable bonds is 6. The van der Waals surface area contributed by atoms with Crippen LogP contribution in [0.5, 0.6) is 0 Å². The van der Waals surface area contributed by atoms with E-state index in [1.54, 1.807) is 24.0 Å². The number of halogens is 1. The fraction of sp³-hybridized carbons (Fsp3) is 0.350. The fourth-order valence-corrected chi connectivity index (χ4v) is 4.00. The van der Waals surface area contributed by atoms with Crippen LogP contribution in [-0.4, -0.2) is 40.5 Å². The molecule has 0 bridgehead atoms. The van der Waals surface area contributed by atoms with Crippen LogP contribution in [-0.2, 0) is 15.3 Å². The molecular formula is C20H22ClN3O2S. The number of benzene rings is 1. The predicted octanol–water partition coefficient (Wildman–Crippen LogP) is 3.85. The maximum Gasteiger partial charge on any atom is 0.232 e. The number of thioether (sulfide) groups is 1. The molecule has 2 heterocycles. The molecule has 1 aliphatic heterocycles. The molecule has 0 unspecified atom stereocenters. The normalized spacial score (nSPS) is 14.8. The molecular weight excluding hydrogens is 382 g/mol. The number of hydrogen-bond donors (Lipinski definition) is 1. The third-order valence-corrected chi connectivity index (χ3v) is 5.78. The van der Waals surface area contributed by atoms with E-state index in [-0.39, 0.29) is 17.7 Å². The molecule has 1 fully saturated rings. The van der Waals surface area contributed by atoms with E-state index in [1.165, 1.54) is 0 Å². The van der Waals surface area contributed by atoms with Gasteiger partial charge in [0.2, 0.25) is 11.8 Å². The molecule has 1 aromatic carbocycles. The van der Waals surface area contributed by atoms with E-state index in [0.29, 0.717) is 37.5 Å². The first-order valence-corrected chi connectivity index (χ1v) is 10.5. The molecule has 27 heavy (non-hydrogen) atoms. The highest BCUT2D eigenvalue weighted by Crippen LogP contribution is 2.21. The van der Waals surface area contributed by atoms with Crippen molar-refractivity contribution >= 4 is 41.0 Å². The molecule has 0 saturated carbocycles. The number of carbonyl (C=O) groups is 2. The molecule has 0 radical (unpaired) electrons. The average molecular weight is 404 g/mol. The number of pyridine rings is 1. The summed E-state index contributed by atoms with van der Waals surface area (Å²) >= 11 is 7.48. The number of carbonyl (C=O) groups excluding carboxylic acids is 2. The Morgan fingerprint density at radius 2 is 1.89 bits per heavy atom. The Hall–Kier alpha value is -2.05. The van der Waals surface area contributed by atoms with Crippen molar-refractivity contribution < 1.29 is 9.59 Å². The van der Waals surface area contributed by atoms with Crippen molar-refractivity contribution in [3.63, 3.8) is 0 Å². The largest absolute Gasteiger partial charge is 0.342 e. The van der Waals surface area contributed by atoms with Gasteiger partial charge in [0.15, 0.2) is 0 Å². The van der Waals surface area contributed by atoms with E-state index < -0.39 is 0 Å². The highest BCUT2D eigenvalue weighted by atomic mass is 35.5. The summed E-state index contributed by atoms with van der Waals surface area (Å²) in [5, 5.41) is 3.56. The number of likely N-dealkylation sites (tertiary alicyclic amines) is 1. The SMILES string of the molecule is O=C(Nc1ccccn1)C1CCN(C(=O)CSCc2ccc(Cl)cc2)CC1. The summed E-state index contributed by atoms with van der Waals surface area (Å²) in [5.74, 6) is 1.85. The number of anilines is 1. The van der Waals surface area contributed by atoms with Gasteiger partial charge in [-0.3, -0.25) is 9.59 Å². The van der Waals surface area contributed by atoms with Gasteiger partial charge in [0.05, 0.1) is 5.75 Å². The lowest BCUT2D eigenvalue weighted by Gasteiger charge is -2.31. The number of hydrogen-bond acceptors (Lipinski definition) is 4. The zero-order chi connectivity index (χ0) is 19.1. The lowest BCUT2D eigenvalue weighted by molar-refractivity contribution is -0.132. The molecule has 1 saturated heterocycles. The van der Waals surface area contributed by atoms with E-state index in [9.17, 15) is 9.59 Å². The van der Waals surface area contributed by atoms with Gasteiger partial charge in [-0.15, -0.1) is 11.8 Å². The van der Waals surface area contributed by atoms with Gasteiger partial charge in [-0.05, 0) is 42.7 Å². The third kappa shape index (κ3) is 5.97. The highest BCUT2D eigenvalue weighted by molar-refractivity contribution is 7.99.